The second-order valence-electron chi connectivity index (χ2n) is 5.11. The number of halogens is 3. The lowest BCUT2D eigenvalue weighted by Gasteiger charge is -2.31. The molecule has 1 amide bonds. The van der Waals surface area contributed by atoms with Crippen molar-refractivity contribution in [3.63, 3.8) is 0 Å². The number of rotatable bonds is 4. The Morgan fingerprint density at radius 1 is 1.50 bits per heavy atom. The van der Waals surface area contributed by atoms with Crippen molar-refractivity contribution in [2.24, 2.45) is 0 Å². The summed E-state index contributed by atoms with van der Waals surface area (Å²) >= 11 is 0. The van der Waals surface area contributed by atoms with Gasteiger partial charge in [-0.05, 0) is 19.4 Å². The van der Waals surface area contributed by atoms with E-state index in [1.165, 1.54) is 7.11 Å². The van der Waals surface area contributed by atoms with Crippen LogP contribution in [0.3, 0.4) is 0 Å². The lowest BCUT2D eigenvalue weighted by molar-refractivity contribution is -0.141. The highest BCUT2D eigenvalue weighted by Gasteiger charge is 2.38. The van der Waals surface area contributed by atoms with Crippen LogP contribution in [0, 0.1) is 0 Å². The Bertz CT molecular complexity index is 530. The Hall–Kier alpha value is -1.61. The van der Waals surface area contributed by atoms with Crippen LogP contribution in [-0.4, -0.2) is 48.2 Å². The second kappa shape index (κ2) is 6.66. The van der Waals surface area contributed by atoms with Crippen molar-refractivity contribution in [1.29, 1.82) is 0 Å². The first-order chi connectivity index (χ1) is 10.4. The van der Waals surface area contributed by atoms with Gasteiger partial charge >= 0.3 is 6.18 Å². The van der Waals surface area contributed by atoms with E-state index in [0.29, 0.717) is 19.5 Å². The molecular weight excluding hydrogens is 301 g/mol. The zero-order valence-electron chi connectivity index (χ0n) is 12.4. The number of aryl methyl sites for hydroxylation is 1. The molecule has 2 heterocycles. The van der Waals surface area contributed by atoms with Crippen molar-refractivity contribution < 1.29 is 22.7 Å². The first-order valence-electron chi connectivity index (χ1n) is 7.07. The molecule has 1 aromatic rings. The molecule has 2 atom stereocenters. The number of nitrogens with zero attached hydrogens (tertiary/aromatic N) is 1. The molecule has 1 aliphatic rings. The minimum absolute atomic E-state index is 0.0914. The molecule has 0 aromatic carbocycles. The molecular formula is C13H19F3N4O2. The van der Waals surface area contributed by atoms with Crippen molar-refractivity contribution in [3.05, 3.63) is 17.2 Å². The minimum Gasteiger partial charge on any atom is -0.378 e. The van der Waals surface area contributed by atoms with Gasteiger partial charge in [-0.25, -0.2) is 4.98 Å². The third-order valence-electron chi connectivity index (χ3n) is 3.66. The van der Waals surface area contributed by atoms with Crippen LogP contribution >= 0.6 is 0 Å². The number of ether oxygens (including phenoxy) is 1. The number of nitrogens with one attached hydrogen (secondary N) is 3. The fraction of sp³-hybridized carbons (Fsp3) is 0.692. The fourth-order valence-corrected chi connectivity index (χ4v) is 2.49. The monoisotopic (exact) mass is 320 g/mol. The van der Waals surface area contributed by atoms with Crippen molar-refractivity contribution in [2.75, 3.05) is 20.2 Å². The van der Waals surface area contributed by atoms with Crippen LogP contribution in [0.25, 0.3) is 0 Å². The molecule has 9 heteroatoms. The summed E-state index contributed by atoms with van der Waals surface area (Å²) in [7, 11) is 1.53. The van der Waals surface area contributed by atoms with E-state index in [1.54, 1.807) is 6.92 Å². The lowest BCUT2D eigenvalue weighted by Crippen LogP contribution is -2.53. The highest BCUT2D eigenvalue weighted by Crippen LogP contribution is 2.30. The molecule has 22 heavy (non-hydrogen) atoms. The Labute approximate surface area is 125 Å². The Balaban J connectivity index is 2.14. The summed E-state index contributed by atoms with van der Waals surface area (Å²) in [6.45, 7) is 2.85. The van der Waals surface area contributed by atoms with Crippen molar-refractivity contribution in [2.45, 2.75) is 38.1 Å². The number of hydrogen-bond donors (Lipinski definition) is 3. The smallest absolute Gasteiger partial charge is 0.378 e. The minimum atomic E-state index is -4.58. The number of aromatic amines is 1. The zero-order valence-corrected chi connectivity index (χ0v) is 12.4. The van der Waals surface area contributed by atoms with Crippen LogP contribution in [0.2, 0.25) is 0 Å². The van der Waals surface area contributed by atoms with Gasteiger partial charge in [0.25, 0.3) is 5.91 Å². The number of alkyl halides is 3. The van der Waals surface area contributed by atoms with Crippen LogP contribution in [-0.2, 0) is 17.3 Å². The van der Waals surface area contributed by atoms with Crippen LogP contribution in [0.5, 0.6) is 0 Å². The largest absolute Gasteiger partial charge is 0.435 e. The number of carbonyl (C=O) groups excluding carboxylic acids is 1. The predicted octanol–water partition coefficient (Wildman–Crippen LogP) is 1.10. The summed E-state index contributed by atoms with van der Waals surface area (Å²) in [5.41, 5.74) is -1.12. The normalized spacial score (nSPS) is 22.6. The quantitative estimate of drug-likeness (QED) is 0.776. The fourth-order valence-electron chi connectivity index (χ4n) is 2.49. The maximum Gasteiger partial charge on any atom is 0.435 e. The standard InChI is InChI=1S/C13H19F3N4O2/c1-3-7-10(13(14,15)16)20-11(18-7)12(21)19-8-4-5-17-6-9(8)22-2/h8-9,17H,3-6H2,1-2H3,(H,18,20)(H,19,21). The number of amides is 1. The average Bonchev–Trinajstić information content (AvgIpc) is 2.92. The number of H-pyrrole nitrogens is 1. The van der Waals surface area contributed by atoms with E-state index in [0.717, 1.165) is 0 Å². The topological polar surface area (TPSA) is 79.0 Å². The van der Waals surface area contributed by atoms with E-state index in [4.69, 9.17) is 4.74 Å². The Morgan fingerprint density at radius 2 is 2.23 bits per heavy atom. The van der Waals surface area contributed by atoms with Gasteiger partial charge in [0.15, 0.2) is 11.5 Å². The number of methoxy groups -OCH3 is 1. The Morgan fingerprint density at radius 3 is 2.77 bits per heavy atom. The molecule has 2 rings (SSSR count). The number of carbonyl (C=O) groups is 1. The summed E-state index contributed by atoms with van der Waals surface area (Å²) in [5.74, 6) is -0.975. The molecule has 0 aliphatic carbocycles. The van der Waals surface area contributed by atoms with Gasteiger partial charge in [-0.3, -0.25) is 4.79 Å². The summed E-state index contributed by atoms with van der Waals surface area (Å²) in [6.07, 6.45) is -4.05. The van der Waals surface area contributed by atoms with Crippen molar-refractivity contribution in [3.8, 4) is 0 Å². The Kier molecular flexibility index (Phi) is 5.07. The van der Waals surface area contributed by atoms with Gasteiger partial charge in [-0.15, -0.1) is 0 Å². The van der Waals surface area contributed by atoms with Gasteiger partial charge < -0.3 is 20.4 Å². The van der Waals surface area contributed by atoms with Crippen LogP contribution in [0.1, 0.15) is 35.4 Å². The van der Waals surface area contributed by atoms with Crippen molar-refractivity contribution in [1.82, 2.24) is 20.6 Å². The van der Waals surface area contributed by atoms with E-state index < -0.39 is 17.8 Å². The maximum absolute atomic E-state index is 12.8. The molecule has 3 N–H and O–H groups in total. The van der Waals surface area contributed by atoms with E-state index in [-0.39, 0.29) is 30.1 Å². The first-order valence-corrected chi connectivity index (χ1v) is 7.07. The molecule has 6 nitrogen and oxygen atoms in total. The van der Waals surface area contributed by atoms with Gasteiger partial charge in [-0.2, -0.15) is 13.2 Å². The number of imidazole rings is 1. The molecule has 0 radical (unpaired) electrons. The average molecular weight is 320 g/mol. The number of hydrogen-bond acceptors (Lipinski definition) is 4. The van der Waals surface area contributed by atoms with Crippen LogP contribution in [0.15, 0.2) is 0 Å². The third kappa shape index (κ3) is 3.58. The van der Waals surface area contributed by atoms with Crippen LogP contribution < -0.4 is 10.6 Å². The predicted molar refractivity (Wildman–Crippen MR) is 72.5 cm³/mol. The van der Waals surface area contributed by atoms with E-state index in [1.807, 2.05) is 0 Å². The summed E-state index contributed by atoms with van der Waals surface area (Å²) in [4.78, 5) is 18.0. The molecule has 1 aromatic heterocycles. The zero-order chi connectivity index (χ0) is 16.3. The molecule has 1 fully saturated rings. The van der Waals surface area contributed by atoms with Gasteiger partial charge in [0.2, 0.25) is 0 Å². The highest BCUT2D eigenvalue weighted by molar-refractivity contribution is 5.91. The first kappa shape index (κ1) is 16.8. The van der Waals surface area contributed by atoms with Gasteiger partial charge in [-0.1, -0.05) is 6.92 Å². The van der Waals surface area contributed by atoms with Crippen LogP contribution in [0.4, 0.5) is 13.2 Å². The van der Waals surface area contributed by atoms with Gasteiger partial charge in [0.1, 0.15) is 0 Å². The van der Waals surface area contributed by atoms with Gasteiger partial charge in [0, 0.05) is 19.3 Å². The molecule has 0 spiro atoms. The maximum atomic E-state index is 12.8. The molecule has 124 valence electrons. The molecule has 1 aliphatic heterocycles. The number of aromatic nitrogens is 2. The summed E-state index contributed by atoms with van der Waals surface area (Å²) in [5, 5.41) is 5.81. The second-order valence-corrected chi connectivity index (χ2v) is 5.11. The third-order valence-corrected chi connectivity index (χ3v) is 3.66. The molecule has 0 bridgehead atoms. The molecule has 1 saturated heterocycles. The molecule has 2 unspecified atom stereocenters. The van der Waals surface area contributed by atoms with E-state index in [2.05, 4.69) is 20.6 Å². The van der Waals surface area contributed by atoms with E-state index in [9.17, 15) is 18.0 Å². The summed E-state index contributed by atoms with van der Waals surface area (Å²) in [6, 6.07) is -0.261. The highest BCUT2D eigenvalue weighted by atomic mass is 19.4. The summed E-state index contributed by atoms with van der Waals surface area (Å²) < 4.78 is 43.8. The lowest BCUT2D eigenvalue weighted by atomic mass is 10.0. The SMILES string of the molecule is CCc1[nH]c(C(=O)NC2CCNCC2OC)nc1C(F)(F)F. The van der Waals surface area contributed by atoms with Crippen molar-refractivity contribution >= 4 is 5.91 Å². The van der Waals surface area contributed by atoms with E-state index >= 15 is 0 Å². The van der Waals surface area contributed by atoms with Gasteiger partial charge in [0.05, 0.1) is 12.1 Å². The number of piperidine rings is 1. The molecule has 0 saturated carbocycles.